The summed E-state index contributed by atoms with van der Waals surface area (Å²) in [6.07, 6.45) is 8.14. The van der Waals surface area contributed by atoms with Gasteiger partial charge in [-0.05, 0) is 19.3 Å². The first-order chi connectivity index (χ1) is 9.16. The van der Waals surface area contributed by atoms with Crippen LogP contribution in [0.4, 0.5) is 0 Å². The topological polar surface area (TPSA) is 78.9 Å². The quantitative estimate of drug-likeness (QED) is 0.802. The first-order valence-electron chi connectivity index (χ1n) is 7.30. The van der Waals surface area contributed by atoms with Crippen LogP contribution in [-0.2, 0) is 17.6 Å². The second-order valence-electron chi connectivity index (χ2n) is 5.62. The zero-order valence-corrected chi connectivity index (χ0v) is 11.6. The Hall–Kier alpha value is -1.39. The molecule has 106 valence electrons. The molecular formula is C14H23N3O2. The summed E-state index contributed by atoms with van der Waals surface area (Å²) >= 11 is 0. The van der Waals surface area contributed by atoms with E-state index in [0.29, 0.717) is 6.42 Å². The molecule has 1 heterocycles. The molecule has 1 aliphatic carbocycles. The summed E-state index contributed by atoms with van der Waals surface area (Å²) in [5, 5.41) is 16.7. The van der Waals surface area contributed by atoms with Gasteiger partial charge in [0, 0.05) is 12.8 Å². The molecule has 5 nitrogen and oxygen atoms in total. The predicted molar refractivity (Wildman–Crippen MR) is 71.9 cm³/mol. The monoisotopic (exact) mass is 265 g/mol. The van der Waals surface area contributed by atoms with Gasteiger partial charge in [-0.15, -0.1) is 0 Å². The van der Waals surface area contributed by atoms with E-state index < -0.39 is 11.4 Å². The van der Waals surface area contributed by atoms with Crippen molar-refractivity contribution in [2.75, 3.05) is 0 Å². The standard InChI is InChI=1S/C14H23N3O2/c1-2-7-11-15-12(17-16-11)10-14(13(18)19)8-5-3-4-6-9-14/h2-10H2,1H3,(H,18,19)(H,15,16,17). The van der Waals surface area contributed by atoms with Gasteiger partial charge in [-0.25, -0.2) is 4.98 Å². The highest BCUT2D eigenvalue weighted by Gasteiger charge is 2.39. The molecule has 0 radical (unpaired) electrons. The molecule has 0 unspecified atom stereocenters. The van der Waals surface area contributed by atoms with Gasteiger partial charge in [0.1, 0.15) is 5.82 Å². The molecule has 0 saturated heterocycles. The molecule has 0 spiro atoms. The van der Waals surface area contributed by atoms with Crippen LogP contribution in [0.2, 0.25) is 0 Å². The van der Waals surface area contributed by atoms with Crippen LogP contribution in [0.1, 0.15) is 63.5 Å². The molecule has 2 N–H and O–H groups in total. The number of hydrogen-bond donors (Lipinski definition) is 2. The number of nitrogens with one attached hydrogen (secondary N) is 1. The molecule has 0 aromatic carbocycles. The van der Waals surface area contributed by atoms with Crippen LogP contribution >= 0.6 is 0 Å². The van der Waals surface area contributed by atoms with E-state index in [0.717, 1.165) is 63.0 Å². The number of carboxylic acids is 1. The van der Waals surface area contributed by atoms with E-state index in [-0.39, 0.29) is 0 Å². The van der Waals surface area contributed by atoms with Crippen LogP contribution < -0.4 is 0 Å². The maximum Gasteiger partial charge on any atom is 0.310 e. The van der Waals surface area contributed by atoms with Gasteiger partial charge >= 0.3 is 5.97 Å². The summed E-state index contributed by atoms with van der Waals surface area (Å²) < 4.78 is 0. The van der Waals surface area contributed by atoms with Crippen molar-refractivity contribution in [1.82, 2.24) is 15.2 Å². The second-order valence-corrected chi connectivity index (χ2v) is 5.62. The van der Waals surface area contributed by atoms with E-state index in [1.165, 1.54) is 0 Å². The third kappa shape index (κ3) is 3.33. The zero-order chi connectivity index (χ0) is 13.7. The molecule has 2 rings (SSSR count). The van der Waals surface area contributed by atoms with Crippen LogP contribution in [0.15, 0.2) is 0 Å². The molecular weight excluding hydrogens is 242 g/mol. The third-order valence-corrected chi connectivity index (χ3v) is 4.07. The largest absolute Gasteiger partial charge is 0.481 e. The van der Waals surface area contributed by atoms with Crippen LogP contribution in [0.25, 0.3) is 0 Å². The molecule has 19 heavy (non-hydrogen) atoms. The van der Waals surface area contributed by atoms with Crippen molar-refractivity contribution in [2.45, 2.75) is 64.7 Å². The van der Waals surface area contributed by atoms with Crippen molar-refractivity contribution in [3.05, 3.63) is 11.6 Å². The Morgan fingerprint density at radius 1 is 1.32 bits per heavy atom. The van der Waals surface area contributed by atoms with E-state index in [1.807, 2.05) is 0 Å². The second kappa shape index (κ2) is 6.17. The highest BCUT2D eigenvalue weighted by molar-refractivity contribution is 5.75. The molecule has 5 heteroatoms. The predicted octanol–water partition coefficient (Wildman–Crippen LogP) is 2.72. The number of aliphatic carboxylic acids is 1. The normalized spacial score (nSPS) is 19.0. The maximum absolute atomic E-state index is 11.7. The van der Waals surface area contributed by atoms with Gasteiger partial charge in [0.15, 0.2) is 5.82 Å². The number of carbonyl (C=O) groups is 1. The fourth-order valence-electron chi connectivity index (χ4n) is 2.94. The highest BCUT2D eigenvalue weighted by Crippen LogP contribution is 2.37. The molecule has 1 saturated carbocycles. The van der Waals surface area contributed by atoms with E-state index in [4.69, 9.17) is 0 Å². The van der Waals surface area contributed by atoms with Crippen LogP contribution in [0, 0.1) is 5.41 Å². The number of H-pyrrole nitrogens is 1. The summed E-state index contributed by atoms with van der Waals surface area (Å²) in [5.41, 5.74) is -0.639. The average molecular weight is 265 g/mol. The smallest absolute Gasteiger partial charge is 0.310 e. The number of aromatic nitrogens is 3. The number of carboxylic acid groups (broad SMARTS) is 1. The fraction of sp³-hybridized carbons (Fsp3) is 0.786. The van der Waals surface area contributed by atoms with Gasteiger partial charge in [-0.1, -0.05) is 32.6 Å². The van der Waals surface area contributed by atoms with E-state index in [1.54, 1.807) is 0 Å². The number of aryl methyl sites for hydroxylation is 1. The van der Waals surface area contributed by atoms with E-state index >= 15 is 0 Å². The Labute approximate surface area is 113 Å². The Morgan fingerprint density at radius 2 is 2.00 bits per heavy atom. The lowest BCUT2D eigenvalue weighted by Gasteiger charge is -2.26. The zero-order valence-electron chi connectivity index (χ0n) is 11.6. The maximum atomic E-state index is 11.7. The molecule has 0 amide bonds. The van der Waals surface area contributed by atoms with Crippen molar-refractivity contribution in [3.8, 4) is 0 Å². The van der Waals surface area contributed by atoms with Crippen molar-refractivity contribution in [1.29, 1.82) is 0 Å². The Morgan fingerprint density at radius 3 is 2.58 bits per heavy atom. The van der Waals surface area contributed by atoms with E-state index in [2.05, 4.69) is 22.1 Å². The van der Waals surface area contributed by atoms with Crippen LogP contribution in [-0.4, -0.2) is 26.3 Å². The fourth-order valence-corrected chi connectivity index (χ4v) is 2.94. The van der Waals surface area contributed by atoms with Crippen molar-refractivity contribution >= 4 is 5.97 Å². The lowest BCUT2D eigenvalue weighted by Crippen LogP contribution is -2.33. The van der Waals surface area contributed by atoms with Crippen molar-refractivity contribution in [3.63, 3.8) is 0 Å². The summed E-state index contributed by atoms with van der Waals surface area (Å²) in [6.45, 7) is 2.08. The van der Waals surface area contributed by atoms with Gasteiger partial charge in [0.25, 0.3) is 0 Å². The lowest BCUT2D eigenvalue weighted by molar-refractivity contribution is -0.150. The van der Waals surface area contributed by atoms with Gasteiger partial charge in [0.05, 0.1) is 5.41 Å². The highest BCUT2D eigenvalue weighted by atomic mass is 16.4. The lowest BCUT2D eigenvalue weighted by atomic mass is 9.77. The molecule has 0 atom stereocenters. The van der Waals surface area contributed by atoms with Gasteiger partial charge in [-0.2, -0.15) is 5.10 Å². The molecule has 1 aromatic heterocycles. The minimum atomic E-state index is -0.678. The summed E-state index contributed by atoms with van der Waals surface area (Å²) in [7, 11) is 0. The minimum Gasteiger partial charge on any atom is -0.481 e. The first-order valence-corrected chi connectivity index (χ1v) is 7.30. The number of aromatic amines is 1. The van der Waals surface area contributed by atoms with Crippen molar-refractivity contribution < 1.29 is 9.90 Å². The van der Waals surface area contributed by atoms with Gasteiger partial charge < -0.3 is 5.11 Å². The Kier molecular flexibility index (Phi) is 4.56. The van der Waals surface area contributed by atoms with Gasteiger partial charge in [-0.3, -0.25) is 9.89 Å². The van der Waals surface area contributed by atoms with Gasteiger partial charge in [0.2, 0.25) is 0 Å². The third-order valence-electron chi connectivity index (χ3n) is 4.07. The Balaban J connectivity index is 2.12. The first kappa shape index (κ1) is 14.0. The summed E-state index contributed by atoms with van der Waals surface area (Å²) in [6, 6.07) is 0. The summed E-state index contributed by atoms with van der Waals surface area (Å²) in [5.74, 6) is 0.849. The SMILES string of the molecule is CCCc1n[nH]c(CC2(C(=O)O)CCCCCC2)n1. The minimum absolute atomic E-state index is 0.485. The van der Waals surface area contributed by atoms with Crippen LogP contribution in [0.5, 0.6) is 0 Å². The number of nitrogens with zero attached hydrogens (tertiary/aromatic N) is 2. The molecule has 1 aromatic rings. The number of rotatable bonds is 5. The Bertz CT molecular complexity index is 420. The van der Waals surface area contributed by atoms with E-state index in [9.17, 15) is 9.90 Å². The average Bonchev–Trinajstić information content (AvgIpc) is 2.66. The van der Waals surface area contributed by atoms with Crippen molar-refractivity contribution in [2.24, 2.45) is 5.41 Å². The number of hydrogen-bond acceptors (Lipinski definition) is 3. The molecule has 0 aliphatic heterocycles. The molecule has 1 fully saturated rings. The molecule has 0 bridgehead atoms. The molecule has 1 aliphatic rings. The summed E-state index contributed by atoms with van der Waals surface area (Å²) in [4.78, 5) is 16.1. The van der Waals surface area contributed by atoms with Crippen LogP contribution in [0.3, 0.4) is 0 Å².